The first-order chi connectivity index (χ1) is 12.3. The number of rotatable bonds is 4. The van der Waals surface area contributed by atoms with E-state index < -0.39 is 0 Å². The SMILES string of the molecule is CCCOC(=O)C1=C(C)N=C2CC(C)(C)CC(=O)C2C1c1ccccc1. The van der Waals surface area contributed by atoms with Crippen molar-refractivity contribution in [3.8, 4) is 0 Å². The molecule has 4 nitrogen and oxygen atoms in total. The Morgan fingerprint density at radius 1 is 1.19 bits per heavy atom. The Labute approximate surface area is 155 Å². The Balaban J connectivity index is 2.11. The molecular weight excluding hydrogens is 326 g/mol. The van der Waals surface area contributed by atoms with Gasteiger partial charge in [0.1, 0.15) is 5.78 Å². The van der Waals surface area contributed by atoms with Crippen molar-refractivity contribution in [2.45, 2.75) is 52.9 Å². The number of benzene rings is 1. The molecule has 0 saturated heterocycles. The highest BCUT2D eigenvalue weighted by atomic mass is 16.5. The van der Waals surface area contributed by atoms with Gasteiger partial charge in [0.25, 0.3) is 0 Å². The number of carbonyl (C=O) groups is 2. The maximum atomic E-state index is 13.1. The van der Waals surface area contributed by atoms with Crippen molar-refractivity contribution in [3.63, 3.8) is 0 Å². The molecule has 0 spiro atoms. The number of hydrogen-bond donors (Lipinski definition) is 0. The van der Waals surface area contributed by atoms with E-state index in [-0.39, 0.29) is 29.0 Å². The van der Waals surface area contributed by atoms with Gasteiger partial charge in [0, 0.05) is 23.7 Å². The molecule has 0 amide bonds. The van der Waals surface area contributed by atoms with Gasteiger partial charge in [-0.1, -0.05) is 51.1 Å². The van der Waals surface area contributed by atoms with E-state index in [2.05, 4.69) is 13.8 Å². The molecule has 0 bridgehead atoms. The number of Topliss-reactive ketones (excluding diaryl/α,β-unsaturated/α-hetero) is 1. The van der Waals surface area contributed by atoms with Crippen LogP contribution in [0, 0.1) is 11.3 Å². The first kappa shape index (κ1) is 18.6. The van der Waals surface area contributed by atoms with E-state index in [0.29, 0.717) is 24.3 Å². The van der Waals surface area contributed by atoms with Gasteiger partial charge in [-0.05, 0) is 30.7 Å². The first-order valence-electron chi connectivity index (χ1n) is 9.37. The van der Waals surface area contributed by atoms with E-state index in [1.165, 1.54) is 0 Å². The molecule has 2 atom stereocenters. The number of esters is 1. The molecule has 1 heterocycles. The third-order valence-corrected chi connectivity index (χ3v) is 5.18. The fraction of sp³-hybridized carbons (Fsp3) is 0.500. The average Bonchev–Trinajstić information content (AvgIpc) is 2.58. The minimum absolute atomic E-state index is 0.0891. The average molecular weight is 353 g/mol. The lowest BCUT2D eigenvalue weighted by Crippen LogP contribution is -2.44. The second-order valence-corrected chi connectivity index (χ2v) is 8.09. The maximum Gasteiger partial charge on any atom is 0.336 e. The fourth-order valence-corrected chi connectivity index (χ4v) is 4.15. The van der Waals surface area contributed by atoms with Crippen LogP contribution in [0.1, 0.15) is 58.4 Å². The topological polar surface area (TPSA) is 55.7 Å². The minimum atomic E-state index is -0.363. The largest absolute Gasteiger partial charge is 0.462 e. The predicted molar refractivity (Wildman–Crippen MR) is 102 cm³/mol. The third kappa shape index (κ3) is 3.50. The molecule has 3 rings (SSSR count). The van der Waals surface area contributed by atoms with E-state index in [4.69, 9.17) is 9.73 Å². The molecule has 1 aliphatic carbocycles. The number of hydrogen-bond acceptors (Lipinski definition) is 4. The molecule has 4 heteroatoms. The van der Waals surface area contributed by atoms with Crippen LogP contribution >= 0.6 is 0 Å². The van der Waals surface area contributed by atoms with Crippen molar-refractivity contribution >= 4 is 17.5 Å². The van der Waals surface area contributed by atoms with E-state index in [0.717, 1.165) is 24.1 Å². The zero-order chi connectivity index (χ0) is 18.9. The van der Waals surface area contributed by atoms with Gasteiger partial charge in [0.2, 0.25) is 0 Å². The van der Waals surface area contributed by atoms with Crippen molar-refractivity contribution in [3.05, 3.63) is 47.2 Å². The molecular formula is C22H27NO3. The Morgan fingerprint density at radius 3 is 2.54 bits per heavy atom. The zero-order valence-corrected chi connectivity index (χ0v) is 16.0. The molecule has 138 valence electrons. The number of ether oxygens (including phenoxy) is 1. The minimum Gasteiger partial charge on any atom is -0.462 e. The van der Waals surface area contributed by atoms with Crippen LogP contribution in [-0.4, -0.2) is 24.1 Å². The van der Waals surface area contributed by atoms with Crippen LogP contribution in [0.25, 0.3) is 0 Å². The molecule has 1 aromatic carbocycles. The monoisotopic (exact) mass is 353 g/mol. The summed E-state index contributed by atoms with van der Waals surface area (Å²) in [6, 6.07) is 9.81. The predicted octanol–water partition coefficient (Wildman–Crippen LogP) is 4.46. The lowest BCUT2D eigenvalue weighted by atomic mass is 9.63. The first-order valence-corrected chi connectivity index (χ1v) is 9.37. The molecule has 0 N–H and O–H groups in total. The second-order valence-electron chi connectivity index (χ2n) is 8.09. The highest BCUT2D eigenvalue weighted by Crippen LogP contribution is 2.46. The molecule has 1 saturated carbocycles. The number of nitrogens with zero attached hydrogens (tertiary/aromatic N) is 1. The van der Waals surface area contributed by atoms with Crippen LogP contribution in [0.3, 0.4) is 0 Å². The molecule has 1 aromatic rings. The summed E-state index contributed by atoms with van der Waals surface area (Å²) in [5.74, 6) is -0.851. The molecule has 1 aliphatic heterocycles. The summed E-state index contributed by atoms with van der Waals surface area (Å²) in [4.78, 5) is 30.6. The van der Waals surface area contributed by atoms with Gasteiger partial charge in [-0.25, -0.2) is 4.79 Å². The number of aliphatic imine (C=N–C) groups is 1. The van der Waals surface area contributed by atoms with Crippen LogP contribution in [0.15, 0.2) is 46.6 Å². The molecule has 0 aromatic heterocycles. The number of carbonyl (C=O) groups excluding carboxylic acids is 2. The quantitative estimate of drug-likeness (QED) is 0.751. The van der Waals surface area contributed by atoms with Crippen LogP contribution in [0.2, 0.25) is 0 Å². The number of fused-ring (bicyclic) bond motifs is 1. The van der Waals surface area contributed by atoms with Gasteiger partial charge >= 0.3 is 5.97 Å². The summed E-state index contributed by atoms with van der Waals surface area (Å²) in [5, 5.41) is 0. The molecule has 1 fully saturated rings. The zero-order valence-electron chi connectivity index (χ0n) is 16.0. The summed E-state index contributed by atoms with van der Waals surface area (Å²) in [6.45, 7) is 8.40. The fourth-order valence-electron chi connectivity index (χ4n) is 4.15. The van der Waals surface area contributed by atoms with Gasteiger partial charge in [-0.3, -0.25) is 9.79 Å². The summed E-state index contributed by atoms with van der Waals surface area (Å²) in [5.41, 5.74) is 3.00. The molecule has 26 heavy (non-hydrogen) atoms. The lowest BCUT2D eigenvalue weighted by Gasteiger charge is -2.41. The van der Waals surface area contributed by atoms with Crippen molar-refractivity contribution in [2.75, 3.05) is 6.61 Å². The summed E-state index contributed by atoms with van der Waals surface area (Å²) in [7, 11) is 0. The highest BCUT2D eigenvalue weighted by molar-refractivity contribution is 6.12. The molecule has 0 radical (unpaired) electrons. The van der Waals surface area contributed by atoms with Crippen molar-refractivity contribution in [1.29, 1.82) is 0 Å². The van der Waals surface area contributed by atoms with Crippen molar-refractivity contribution in [1.82, 2.24) is 0 Å². The van der Waals surface area contributed by atoms with Crippen LogP contribution in [0.5, 0.6) is 0 Å². The number of allylic oxidation sites excluding steroid dienone is 1. The second kappa shape index (κ2) is 7.18. The summed E-state index contributed by atoms with van der Waals surface area (Å²) >= 11 is 0. The standard InChI is InChI=1S/C22H27NO3/c1-5-11-26-21(25)18-14(2)23-16-12-22(3,4)13-17(24)20(16)19(18)15-9-7-6-8-10-15/h6-10,19-20H,5,11-13H2,1-4H3. The summed E-state index contributed by atoms with van der Waals surface area (Å²) in [6.07, 6.45) is 2.05. The summed E-state index contributed by atoms with van der Waals surface area (Å²) < 4.78 is 5.43. The van der Waals surface area contributed by atoms with E-state index in [9.17, 15) is 9.59 Å². The maximum absolute atomic E-state index is 13.1. The smallest absolute Gasteiger partial charge is 0.336 e. The Bertz CT molecular complexity index is 774. The van der Waals surface area contributed by atoms with Gasteiger partial charge in [0.15, 0.2) is 0 Å². The number of ketones is 1. The normalized spacial score (nSPS) is 24.8. The Morgan fingerprint density at radius 2 is 1.88 bits per heavy atom. The van der Waals surface area contributed by atoms with Gasteiger partial charge in [0.05, 0.1) is 18.1 Å². The van der Waals surface area contributed by atoms with E-state index in [1.807, 2.05) is 44.2 Å². The van der Waals surface area contributed by atoms with Gasteiger partial charge < -0.3 is 4.74 Å². The Kier molecular flexibility index (Phi) is 5.12. The van der Waals surface area contributed by atoms with Gasteiger partial charge in [-0.2, -0.15) is 0 Å². The van der Waals surface area contributed by atoms with Gasteiger partial charge in [-0.15, -0.1) is 0 Å². The molecule has 2 unspecified atom stereocenters. The van der Waals surface area contributed by atoms with E-state index >= 15 is 0 Å². The lowest BCUT2D eigenvalue weighted by molar-refractivity contribution is -0.139. The molecule has 2 aliphatic rings. The van der Waals surface area contributed by atoms with Crippen molar-refractivity contribution in [2.24, 2.45) is 16.3 Å². The Hall–Kier alpha value is -2.23. The third-order valence-electron chi connectivity index (χ3n) is 5.18. The van der Waals surface area contributed by atoms with E-state index in [1.54, 1.807) is 0 Å². The van der Waals surface area contributed by atoms with Crippen LogP contribution in [0.4, 0.5) is 0 Å². The highest BCUT2D eigenvalue weighted by Gasteiger charge is 2.47. The van der Waals surface area contributed by atoms with Crippen LogP contribution < -0.4 is 0 Å². The van der Waals surface area contributed by atoms with Crippen LogP contribution in [-0.2, 0) is 14.3 Å². The van der Waals surface area contributed by atoms with Crippen molar-refractivity contribution < 1.29 is 14.3 Å².